The molecule has 27 heavy (non-hydrogen) atoms. The standard InChI is InChI=1S/C21H28N4O2/c1-16(2)18-6-4-5-7-19(18)27-15-21(26)23-17-8-9-20(22-14-17)25-12-10-24(3)11-13-25/h4-9,14,16H,10-13,15H2,1-3H3,(H,23,26). The molecular formula is C21H28N4O2. The third-order valence-electron chi connectivity index (χ3n) is 4.76. The van der Waals surface area contributed by atoms with Crippen molar-refractivity contribution in [2.24, 2.45) is 0 Å². The molecule has 1 aromatic carbocycles. The molecule has 2 aromatic rings. The number of nitrogens with one attached hydrogen (secondary N) is 1. The molecule has 6 nitrogen and oxygen atoms in total. The molecule has 0 radical (unpaired) electrons. The third-order valence-corrected chi connectivity index (χ3v) is 4.76. The number of amides is 1. The van der Waals surface area contributed by atoms with Crippen molar-refractivity contribution in [3.8, 4) is 5.75 Å². The molecule has 0 spiro atoms. The van der Waals surface area contributed by atoms with Crippen LogP contribution in [0, 0.1) is 0 Å². The summed E-state index contributed by atoms with van der Waals surface area (Å²) in [6.45, 7) is 8.21. The number of aromatic nitrogens is 1. The summed E-state index contributed by atoms with van der Waals surface area (Å²) in [4.78, 5) is 21.3. The van der Waals surface area contributed by atoms with E-state index in [1.54, 1.807) is 6.20 Å². The molecule has 1 saturated heterocycles. The highest BCUT2D eigenvalue weighted by Gasteiger charge is 2.15. The van der Waals surface area contributed by atoms with Gasteiger partial charge in [0.15, 0.2) is 6.61 Å². The van der Waals surface area contributed by atoms with Gasteiger partial charge in [0.2, 0.25) is 0 Å². The fourth-order valence-corrected chi connectivity index (χ4v) is 3.11. The van der Waals surface area contributed by atoms with Crippen molar-refractivity contribution in [2.75, 3.05) is 50.1 Å². The van der Waals surface area contributed by atoms with Crippen molar-refractivity contribution in [3.63, 3.8) is 0 Å². The van der Waals surface area contributed by atoms with E-state index < -0.39 is 0 Å². The fraction of sp³-hybridized carbons (Fsp3) is 0.429. The Labute approximate surface area is 161 Å². The number of likely N-dealkylation sites (N-methyl/N-ethyl adjacent to an activating group) is 1. The highest BCUT2D eigenvalue weighted by atomic mass is 16.5. The monoisotopic (exact) mass is 368 g/mol. The highest BCUT2D eigenvalue weighted by molar-refractivity contribution is 5.91. The van der Waals surface area contributed by atoms with Gasteiger partial charge in [0.1, 0.15) is 11.6 Å². The van der Waals surface area contributed by atoms with Gasteiger partial charge >= 0.3 is 0 Å². The number of anilines is 2. The van der Waals surface area contributed by atoms with Crippen LogP contribution in [0.15, 0.2) is 42.6 Å². The van der Waals surface area contributed by atoms with Crippen molar-refractivity contribution < 1.29 is 9.53 Å². The fourth-order valence-electron chi connectivity index (χ4n) is 3.11. The van der Waals surface area contributed by atoms with Crippen LogP contribution in [0.25, 0.3) is 0 Å². The number of nitrogens with zero attached hydrogens (tertiary/aromatic N) is 3. The molecule has 1 N–H and O–H groups in total. The van der Waals surface area contributed by atoms with Crippen molar-refractivity contribution in [3.05, 3.63) is 48.2 Å². The minimum atomic E-state index is -0.192. The van der Waals surface area contributed by atoms with E-state index in [-0.39, 0.29) is 12.5 Å². The topological polar surface area (TPSA) is 57.7 Å². The summed E-state index contributed by atoms with van der Waals surface area (Å²) in [5.41, 5.74) is 1.78. The van der Waals surface area contributed by atoms with E-state index in [1.807, 2.05) is 36.4 Å². The number of pyridine rings is 1. The maximum atomic E-state index is 12.2. The summed E-state index contributed by atoms with van der Waals surface area (Å²) < 4.78 is 5.72. The molecule has 0 bridgehead atoms. The van der Waals surface area contributed by atoms with Crippen molar-refractivity contribution >= 4 is 17.4 Å². The van der Waals surface area contributed by atoms with Gasteiger partial charge in [-0.15, -0.1) is 0 Å². The second kappa shape index (κ2) is 8.86. The van der Waals surface area contributed by atoms with E-state index >= 15 is 0 Å². The number of hydrogen-bond acceptors (Lipinski definition) is 5. The van der Waals surface area contributed by atoms with Gasteiger partial charge in [-0.05, 0) is 36.7 Å². The number of hydrogen-bond donors (Lipinski definition) is 1. The van der Waals surface area contributed by atoms with Crippen molar-refractivity contribution in [1.29, 1.82) is 0 Å². The van der Waals surface area contributed by atoms with Gasteiger partial charge in [0.05, 0.1) is 11.9 Å². The molecule has 3 rings (SSSR count). The first-order chi connectivity index (χ1) is 13.0. The summed E-state index contributed by atoms with van der Waals surface area (Å²) in [6.07, 6.45) is 1.70. The van der Waals surface area contributed by atoms with Crippen LogP contribution in [0.2, 0.25) is 0 Å². The number of piperazine rings is 1. The van der Waals surface area contributed by atoms with Gasteiger partial charge < -0.3 is 19.9 Å². The average Bonchev–Trinajstić information content (AvgIpc) is 2.68. The van der Waals surface area contributed by atoms with Gasteiger partial charge in [0.25, 0.3) is 5.91 Å². The minimum Gasteiger partial charge on any atom is -0.483 e. The lowest BCUT2D eigenvalue weighted by Gasteiger charge is -2.33. The van der Waals surface area contributed by atoms with Crippen LogP contribution in [0.1, 0.15) is 25.3 Å². The summed E-state index contributed by atoms with van der Waals surface area (Å²) >= 11 is 0. The van der Waals surface area contributed by atoms with Crippen LogP contribution in [-0.2, 0) is 4.79 Å². The summed E-state index contributed by atoms with van der Waals surface area (Å²) in [6, 6.07) is 11.7. The Morgan fingerprint density at radius 1 is 1.15 bits per heavy atom. The van der Waals surface area contributed by atoms with Gasteiger partial charge in [-0.2, -0.15) is 0 Å². The molecule has 0 unspecified atom stereocenters. The number of para-hydroxylation sites is 1. The van der Waals surface area contributed by atoms with Gasteiger partial charge in [0, 0.05) is 26.2 Å². The number of ether oxygens (including phenoxy) is 1. The van der Waals surface area contributed by atoms with Crippen molar-refractivity contribution in [2.45, 2.75) is 19.8 Å². The molecular weight excluding hydrogens is 340 g/mol. The zero-order valence-electron chi connectivity index (χ0n) is 16.3. The van der Waals surface area contributed by atoms with E-state index in [1.165, 1.54) is 0 Å². The Morgan fingerprint density at radius 2 is 1.89 bits per heavy atom. The Balaban J connectivity index is 1.52. The van der Waals surface area contributed by atoms with E-state index in [0.717, 1.165) is 43.3 Å². The first kappa shape index (κ1) is 19.2. The summed E-state index contributed by atoms with van der Waals surface area (Å²) in [5, 5.41) is 2.84. The molecule has 0 atom stereocenters. The second-order valence-electron chi connectivity index (χ2n) is 7.22. The van der Waals surface area contributed by atoms with Crippen LogP contribution < -0.4 is 15.0 Å². The molecule has 6 heteroatoms. The molecule has 0 saturated carbocycles. The maximum Gasteiger partial charge on any atom is 0.262 e. The third kappa shape index (κ3) is 5.20. The first-order valence-electron chi connectivity index (χ1n) is 9.44. The molecule has 1 amide bonds. The number of benzene rings is 1. The van der Waals surface area contributed by atoms with Gasteiger partial charge in [-0.25, -0.2) is 4.98 Å². The molecule has 0 aliphatic carbocycles. The van der Waals surface area contributed by atoms with Crippen LogP contribution in [0.3, 0.4) is 0 Å². The molecule has 1 fully saturated rings. The van der Waals surface area contributed by atoms with E-state index in [9.17, 15) is 4.79 Å². The molecule has 144 valence electrons. The van der Waals surface area contributed by atoms with Gasteiger partial charge in [-0.1, -0.05) is 32.0 Å². The average molecular weight is 368 g/mol. The van der Waals surface area contributed by atoms with E-state index in [2.05, 4.69) is 41.0 Å². The van der Waals surface area contributed by atoms with Crippen LogP contribution >= 0.6 is 0 Å². The SMILES string of the molecule is CC(C)c1ccccc1OCC(=O)Nc1ccc(N2CCN(C)CC2)nc1. The van der Waals surface area contributed by atoms with E-state index in [0.29, 0.717) is 11.6 Å². The molecule has 1 aliphatic heterocycles. The summed E-state index contributed by atoms with van der Waals surface area (Å²) in [7, 11) is 2.13. The lowest BCUT2D eigenvalue weighted by atomic mass is 10.0. The van der Waals surface area contributed by atoms with Crippen LogP contribution in [0.5, 0.6) is 5.75 Å². The quantitative estimate of drug-likeness (QED) is 0.849. The Morgan fingerprint density at radius 3 is 2.56 bits per heavy atom. The Hall–Kier alpha value is -2.60. The van der Waals surface area contributed by atoms with Crippen LogP contribution in [0.4, 0.5) is 11.5 Å². The maximum absolute atomic E-state index is 12.2. The Bertz CT molecular complexity index is 753. The Kier molecular flexibility index (Phi) is 6.29. The minimum absolute atomic E-state index is 0.0239. The molecule has 2 heterocycles. The number of carbonyl (C=O) groups excluding carboxylic acids is 1. The number of carbonyl (C=O) groups is 1. The second-order valence-corrected chi connectivity index (χ2v) is 7.22. The smallest absolute Gasteiger partial charge is 0.262 e. The predicted molar refractivity (Wildman–Crippen MR) is 109 cm³/mol. The predicted octanol–water partition coefficient (Wildman–Crippen LogP) is 2.97. The lowest BCUT2D eigenvalue weighted by molar-refractivity contribution is -0.118. The van der Waals surface area contributed by atoms with Crippen molar-refractivity contribution in [1.82, 2.24) is 9.88 Å². The lowest BCUT2D eigenvalue weighted by Crippen LogP contribution is -2.44. The molecule has 1 aliphatic rings. The largest absolute Gasteiger partial charge is 0.483 e. The first-order valence-corrected chi connectivity index (χ1v) is 9.44. The zero-order chi connectivity index (χ0) is 19.2. The van der Waals surface area contributed by atoms with E-state index in [4.69, 9.17) is 4.74 Å². The zero-order valence-corrected chi connectivity index (χ0v) is 16.3. The molecule has 1 aromatic heterocycles. The number of rotatable bonds is 6. The summed E-state index contributed by atoms with van der Waals surface area (Å²) in [5.74, 6) is 1.85. The normalized spacial score (nSPS) is 15.0. The van der Waals surface area contributed by atoms with Crippen LogP contribution in [-0.4, -0.2) is 55.6 Å². The highest BCUT2D eigenvalue weighted by Crippen LogP contribution is 2.25. The van der Waals surface area contributed by atoms with Gasteiger partial charge in [-0.3, -0.25) is 4.79 Å².